The minimum absolute atomic E-state index is 0.0689. The van der Waals surface area contributed by atoms with Gasteiger partial charge in [0.05, 0.1) is 24.6 Å². The molecule has 3 unspecified atom stereocenters. The van der Waals surface area contributed by atoms with Crippen LogP contribution in [0.2, 0.25) is 0 Å². The zero-order valence-electron chi connectivity index (χ0n) is 20.4. The van der Waals surface area contributed by atoms with Gasteiger partial charge in [0.25, 0.3) is 0 Å². The number of nitrogens with one attached hydrogen (secondary N) is 1. The van der Waals surface area contributed by atoms with Gasteiger partial charge < -0.3 is 20.1 Å². The Bertz CT molecular complexity index is 882. The fourth-order valence-corrected chi connectivity index (χ4v) is 4.52. The molecule has 2 heterocycles. The Kier molecular flexibility index (Phi) is 9.69. The van der Waals surface area contributed by atoms with E-state index in [0.29, 0.717) is 25.8 Å². The fraction of sp³-hybridized carbons (Fsp3) is 0.593. The summed E-state index contributed by atoms with van der Waals surface area (Å²) in [5.74, 6) is -1.03. The van der Waals surface area contributed by atoms with E-state index in [1.54, 1.807) is 4.90 Å². The molecule has 3 rings (SSSR count). The lowest BCUT2D eigenvalue weighted by atomic mass is 9.92. The average molecular weight is 471 g/mol. The van der Waals surface area contributed by atoms with Gasteiger partial charge in [0.2, 0.25) is 11.8 Å². The summed E-state index contributed by atoms with van der Waals surface area (Å²) in [6, 6.07) is 7.37. The van der Waals surface area contributed by atoms with E-state index in [9.17, 15) is 19.5 Å². The number of hydrogen-bond acceptors (Lipinski definition) is 5. The standard InChI is InChI=1S/C27H38N2O5/c1-19(2)24-18-34-26(32)13-7-5-3-4-6-11-21(27(33)28-24)15-25(31)29-16-22-12-9-8-10-20(22)14-23(29)17-30/h4,6,8-10,12,19,21,23-24,30H,3,5,7,11,13-18H2,1-2H3,(H,28,33). The Labute approximate surface area is 202 Å². The molecule has 2 aliphatic heterocycles. The number of nitrogens with zero attached hydrogens (tertiary/aromatic N) is 1. The van der Waals surface area contributed by atoms with E-state index >= 15 is 0 Å². The van der Waals surface area contributed by atoms with E-state index in [0.717, 1.165) is 30.4 Å². The maximum atomic E-state index is 13.4. The van der Waals surface area contributed by atoms with Crippen molar-refractivity contribution in [2.75, 3.05) is 13.2 Å². The summed E-state index contributed by atoms with van der Waals surface area (Å²) in [5.41, 5.74) is 2.23. The number of ether oxygens (including phenoxy) is 1. The number of rotatable bonds is 4. The largest absolute Gasteiger partial charge is 0.463 e. The fourth-order valence-electron chi connectivity index (χ4n) is 4.52. The molecule has 7 heteroatoms. The van der Waals surface area contributed by atoms with Crippen LogP contribution in [0, 0.1) is 11.8 Å². The molecule has 186 valence electrons. The number of cyclic esters (lactones) is 1. The van der Waals surface area contributed by atoms with Gasteiger partial charge in [0.1, 0.15) is 6.61 Å². The highest BCUT2D eigenvalue weighted by Gasteiger charge is 2.32. The zero-order valence-corrected chi connectivity index (χ0v) is 20.4. The maximum Gasteiger partial charge on any atom is 0.305 e. The second-order valence-electron chi connectivity index (χ2n) is 9.73. The number of esters is 1. The van der Waals surface area contributed by atoms with Crippen LogP contribution in [0.1, 0.15) is 63.5 Å². The summed E-state index contributed by atoms with van der Waals surface area (Å²) in [4.78, 5) is 40.3. The highest BCUT2D eigenvalue weighted by atomic mass is 16.5. The van der Waals surface area contributed by atoms with E-state index < -0.39 is 5.92 Å². The molecule has 3 atom stereocenters. The van der Waals surface area contributed by atoms with Crippen molar-refractivity contribution in [2.45, 2.75) is 77.4 Å². The Morgan fingerprint density at radius 3 is 2.68 bits per heavy atom. The van der Waals surface area contributed by atoms with Gasteiger partial charge in [-0.25, -0.2) is 0 Å². The first-order valence-electron chi connectivity index (χ1n) is 12.5. The zero-order chi connectivity index (χ0) is 24.5. The summed E-state index contributed by atoms with van der Waals surface area (Å²) in [5, 5.41) is 13.0. The van der Waals surface area contributed by atoms with E-state index in [2.05, 4.69) is 5.32 Å². The SMILES string of the molecule is CC(C)C1COC(=O)CCCCC=CCC(CC(=O)N2Cc3ccccc3CC2CO)C(=O)N1. The van der Waals surface area contributed by atoms with Gasteiger partial charge in [-0.3, -0.25) is 14.4 Å². The molecular formula is C27H38N2O5. The molecule has 7 nitrogen and oxygen atoms in total. The molecule has 0 saturated carbocycles. The predicted octanol–water partition coefficient (Wildman–Crippen LogP) is 3.14. The third-order valence-corrected chi connectivity index (χ3v) is 6.82. The van der Waals surface area contributed by atoms with E-state index in [-0.39, 0.29) is 55.4 Å². The second kappa shape index (κ2) is 12.7. The quantitative estimate of drug-likeness (QED) is 0.521. The number of hydrogen-bond donors (Lipinski definition) is 2. The molecule has 1 aromatic rings. The van der Waals surface area contributed by atoms with E-state index in [1.807, 2.05) is 50.3 Å². The van der Waals surface area contributed by atoms with Gasteiger partial charge >= 0.3 is 5.97 Å². The Morgan fingerprint density at radius 1 is 1.18 bits per heavy atom. The van der Waals surface area contributed by atoms with E-state index in [4.69, 9.17) is 4.74 Å². The first kappa shape index (κ1) is 25.9. The molecule has 0 spiro atoms. The van der Waals surface area contributed by atoms with Crippen LogP contribution in [0.3, 0.4) is 0 Å². The second-order valence-corrected chi connectivity index (χ2v) is 9.73. The van der Waals surface area contributed by atoms with Crippen molar-refractivity contribution >= 4 is 17.8 Å². The van der Waals surface area contributed by atoms with Crippen LogP contribution in [0.15, 0.2) is 36.4 Å². The van der Waals surface area contributed by atoms with Gasteiger partial charge in [-0.2, -0.15) is 0 Å². The van der Waals surface area contributed by atoms with Crippen molar-refractivity contribution in [3.05, 3.63) is 47.5 Å². The van der Waals surface area contributed by atoms with Gasteiger partial charge in [-0.1, -0.05) is 50.3 Å². The van der Waals surface area contributed by atoms with Gasteiger partial charge in [-0.05, 0) is 49.1 Å². The van der Waals surface area contributed by atoms with Gasteiger partial charge in [0, 0.05) is 19.4 Å². The summed E-state index contributed by atoms with van der Waals surface area (Å²) < 4.78 is 5.41. The van der Waals surface area contributed by atoms with Crippen LogP contribution < -0.4 is 5.32 Å². The van der Waals surface area contributed by atoms with Crippen LogP contribution in [-0.4, -0.2) is 53.1 Å². The molecule has 0 fully saturated rings. The molecule has 2 N–H and O–H groups in total. The number of carbonyl (C=O) groups is 3. The van der Waals surface area contributed by atoms with Crippen LogP contribution in [-0.2, 0) is 32.1 Å². The highest BCUT2D eigenvalue weighted by Crippen LogP contribution is 2.25. The Morgan fingerprint density at radius 2 is 1.94 bits per heavy atom. The number of fused-ring (bicyclic) bond motifs is 1. The van der Waals surface area contributed by atoms with Crippen molar-refractivity contribution < 1.29 is 24.2 Å². The lowest BCUT2D eigenvalue weighted by molar-refractivity contribution is -0.146. The third-order valence-electron chi connectivity index (χ3n) is 6.82. The number of amides is 2. The van der Waals surface area contributed by atoms with Crippen LogP contribution >= 0.6 is 0 Å². The van der Waals surface area contributed by atoms with Gasteiger partial charge in [0.15, 0.2) is 0 Å². The monoisotopic (exact) mass is 470 g/mol. The van der Waals surface area contributed by atoms with Crippen LogP contribution in [0.4, 0.5) is 0 Å². The molecule has 0 saturated heterocycles. The molecular weight excluding hydrogens is 432 g/mol. The summed E-state index contributed by atoms with van der Waals surface area (Å²) in [7, 11) is 0. The van der Waals surface area contributed by atoms with Crippen LogP contribution in [0.25, 0.3) is 0 Å². The van der Waals surface area contributed by atoms with Crippen molar-refractivity contribution in [1.29, 1.82) is 0 Å². The topological polar surface area (TPSA) is 95.9 Å². The minimum atomic E-state index is -0.528. The molecule has 1 aromatic carbocycles. The Hall–Kier alpha value is -2.67. The first-order chi connectivity index (χ1) is 16.4. The first-order valence-corrected chi connectivity index (χ1v) is 12.5. The van der Waals surface area contributed by atoms with Gasteiger partial charge in [-0.15, -0.1) is 0 Å². The van der Waals surface area contributed by atoms with Crippen LogP contribution in [0.5, 0.6) is 0 Å². The predicted molar refractivity (Wildman–Crippen MR) is 130 cm³/mol. The lowest BCUT2D eigenvalue weighted by Gasteiger charge is -2.36. The molecule has 0 aromatic heterocycles. The summed E-state index contributed by atoms with van der Waals surface area (Å²) in [6.07, 6.45) is 7.99. The molecule has 2 aliphatic rings. The molecule has 0 aliphatic carbocycles. The van der Waals surface area contributed by atoms with Crippen molar-refractivity contribution in [3.63, 3.8) is 0 Å². The normalized spacial score (nSPS) is 24.7. The number of allylic oxidation sites excluding steroid dienone is 2. The number of aliphatic hydroxyl groups excluding tert-OH is 1. The Balaban J connectivity index is 1.74. The highest BCUT2D eigenvalue weighted by molar-refractivity contribution is 5.86. The molecule has 0 bridgehead atoms. The number of carbonyl (C=O) groups excluding carboxylic acids is 3. The summed E-state index contributed by atoms with van der Waals surface area (Å²) in [6.45, 7) is 4.40. The third kappa shape index (κ3) is 7.16. The smallest absolute Gasteiger partial charge is 0.305 e. The summed E-state index contributed by atoms with van der Waals surface area (Å²) >= 11 is 0. The maximum absolute atomic E-state index is 13.4. The molecule has 2 amide bonds. The number of benzene rings is 1. The lowest BCUT2D eigenvalue weighted by Crippen LogP contribution is -2.49. The number of aliphatic hydroxyl groups is 1. The van der Waals surface area contributed by atoms with Crippen molar-refractivity contribution in [1.82, 2.24) is 10.2 Å². The van der Waals surface area contributed by atoms with E-state index in [1.165, 1.54) is 0 Å². The minimum Gasteiger partial charge on any atom is -0.463 e. The average Bonchev–Trinajstić information content (AvgIpc) is 2.83. The molecule has 34 heavy (non-hydrogen) atoms. The van der Waals surface area contributed by atoms with Crippen molar-refractivity contribution in [2.24, 2.45) is 11.8 Å². The van der Waals surface area contributed by atoms with Crippen molar-refractivity contribution in [3.8, 4) is 0 Å². The molecule has 0 radical (unpaired) electrons.